The third-order valence-electron chi connectivity index (χ3n) is 1.63. The molecule has 0 aliphatic heterocycles. The quantitative estimate of drug-likeness (QED) is 0.572. The zero-order valence-corrected chi connectivity index (χ0v) is 7.94. The van der Waals surface area contributed by atoms with E-state index in [2.05, 4.69) is 5.32 Å². The highest BCUT2D eigenvalue weighted by Crippen LogP contribution is 2.27. The van der Waals surface area contributed by atoms with Crippen LogP contribution in [0.15, 0.2) is 23.1 Å². The Morgan fingerprint density at radius 3 is 2.83 bits per heavy atom. The van der Waals surface area contributed by atoms with Gasteiger partial charge in [0.2, 0.25) is 6.41 Å². The molecule has 0 aliphatic carbocycles. The number of hydrogen-bond acceptors (Lipinski definition) is 2. The van der Waals surface area contributed by atoms with E-state index in [1.54, 1.807) is 11.8 Å². The van der Waals surface area contributed by atoms with E-state index in [-0.39, 0.29) is 0 Å². The molecule has 0 unspecified atom stereocenters. The maximum Gasteiger partial charge on any atom is 0.211 e. The van der Waals surface area contributed by atoms with Crippen molar-refractivity contribution in [1.29, 1.82) is 0 Å². The maximum atomic E-state index is 10.2. The monoisotopic (exact) mass is 181 g/mol. The molecule has 3 heteroatoms. The summed E-state index contributed by atoms with van der Waals surface area (Å²) in [5.41, 5.74) is 2.08. The first-order valence-corrected chi connectivity index (χ1v) is 4.86. The van der Waals surface area contributed by atoms with Crippen molar-refractivity contribution in [3.05, 3.63) is 23.8 Å². The molecule has 0 saturated carbocycles. The predicted molar refractivity (Wildman–Crippen MR) is 52.6 cm³/mol. The van der Waals surface area contributed by atoms with Crippen LogP contribution in [-0.4, -0.2) is 12.7 Å². The van der Waals surface area contributed by atoms with E-state index in [0.29, 0.717) is 6.41 Å². The molecule has 2 nitrogen and oxygen atoms in total. The Morgan fingerprint density at radius 2 is 2.25 bits per heavy atom. The number of anilines is 1. The van der Waals surface area contributed by atoms with Crippen LogP contribution in [0.4, 0.5) is 5.69 Å². The van der Waals surface area contributed by atoms with Gasteiger partial charge in [-0.05, 0) is 24.8 Å². The minimum Gasteiger partial charge on any atom is -0.328 e. The summed E-state index contributed by atoms with van der Waals surface area (Å²) < 4.78 is 0. The van der Waals surface area contributed by atoms with Crippen molar-refractivity contribution in [3.63, 3.8) is 0 Å². The Kier molecular flexibility index (Phi) is 3.17. The molecule has 0 spiro atoms. The average molecular weight is 181 g/mol. The lowest BCUT2D eigenvalue weighted by Gasteiger charge is -2.07. The van der Waals surface area contributed by atoms with Gasteiger partial charge >= 0.3 is 0 Å². The van der Waals surface area contributed by atoms with Crippen LogP contribution in [0.1, 0.15) is 5.56 Å². The minimum atomic E-state index is 0.703. The lowest BCUT2D eigenvalue weighted by atomic mass is 10.2. The van der Waals surface area contributed by atoms with Crippen molar-refractivity contribution in [1.82, 2.24) is 0 Å². The minimum absolute atomic E-state index is 0.703. The lowest BCUT2D eigenvalue weighted by Crippen LogP contribution is -1.96. The van der Waals surface area contributed by atoms with Crippen molar-refractivity contribution in [2.45, 2.75) is 11.8 Å². The molecule has 0 heterocycles. The van der Waals surface area contributed by atoms with E-state index >= 15 is 0 Å². The molecular weight excluding hydrogens is 170 g/mol. The molecule has 0 bridgehead atoms. The third kappa shape index (κ3) is 1.80. The fraction of sp³-hybridized carbons (Fsp3) is 0.222. The fourth-order valence-corrected chi connectivity index (χ4v) is 1.84. The van der Waals surface area contributed by atoms with Crippen molar-refractivity contribution >= 4 is 23.9 Å². The summed E-state index contributed by atoms with van der Waals surface area (Å²) in [5.74, 6) is 0. The first-order valence-electron chi connectivity index (χ1n) is 3.63. The topological polar surface area (TPSA) is 29.1 Å². The molecule has 0 saturated heterocycles. The molecule has 0 radical (unpaired) electrons. The standard InChI is InChI=1S/C9H11NOS/c1-7-4-3-5-8(10-6-11)9(7)12-2/h3-6H,1-2H3,(H,10,11). The second-order valence-electron chi connectivity index (χ2n) is 2.42. The highest BCUT2D eigenvalue weighted by atomic mass is 32.2. The highest BCUT2D eigenvalue weighted by Gasteiger charge is 2.01. The van der Waals surface area contributed by atoms with E-state index in [1.165, 1.54) is 5.56 Å². The van der Waals surface area contributed by atoms with Crippen LogP contribution in [-0.2, 0) is 4.79 Å². The van der Waals surface area contributed by atoms with Gasteiger partial charge in [-0.15, -0.1) is 11.8 Å². The summed E-state index contributed by atoms with van der Waals surface area (Å²) in [7, 11) is 0. The summed E-state index contributed by atoms with van der Waals surface area (Å²) in [6, 6.07) is 5.86. The number of nitrogens with one attached hydrogen (secondary N) is 1. The molecular formula is C9H11NOS. The molecule has 12 heavy (non-hydrogen) atoms. The van der Waals surface area contributed by atoms with E-state index in [1.807, 2.05) is 31.4 Å². The average Bonchev–Trinajstić information content (AvgIpc) is 2.05. The summed E-state index contributed by atoms with van der Waals surface area (Å²) in [6.07, 6.45) is 2.70. The van der Waals surface area contributed by atoms with Gasteiger partial charge in [0.05, 0.1) is 5.69 Å². The van der Waals surface area contributed by atoms with Crippen LogP contribution >= 0.6 is 11.8 Å². The van der Waals surface area contributed by atoms with Crippen molar-refractivity contribution < 1.29 is 4.79 Å². The fourth-order valence-electron chi connectivity index (χ4n) is 1.10. The summed E-state index contributed by atoms with van der Waals surface area (Å²) >= 11 is 1.64. The number of carbonyl (C=O) groups excluding carboxylic acids is 1. The van der Waals surface area contributed by atoms with Gasteiger partial charge in [-0.25, -0.2) is 0 Å². The van der Waals surface area contributed by atoms with Crippen LogP contribution in [0, 0.1) is 6.92 Å². The SMILES string of the molecule is CSc1c(C)cccc1NC=O. The number of rotatable bonds is 3. The molecule has 64 valence electrons. The van der Waals surface area contributed by atoms with Crippen molar-refractivity contribution in [2.75, 3.05) is 11.6 Å². The van der Waals surface area contributed by atoms with Crippen molar-refractivity contribution in [3.8, 4) is 0 Å². The van der Waals surface area contributed by atoms with E-state index in [9.17, 15) is 4.79 Å². The molecule has 1 rings (SSSR count). The van der Waals surface area contributed by atoms with Gasteiger partial charge in [0.15, 0.2) is 0 Å². The molecule has 0 fully saturated rings. The van der Waals surface area contributed by atoms with Crippen LogP contribution in [0.5, 0.6) is 0 Å². The Balaban J connectivity index is 3.08. The van der Waals surface area contributed by atoms with Gasteiger partial charge in [0.1, 0.15) is 0 Å². The molecule has 1 N–H and O–H groups in total. The van der Waals surface area contributed by atoms with Gasteiger partial charge in [0.25, 0.3) is 0 Å². The zero-order valence-electron chi connectivity index (χ0n) is 7.13. The maximum absolute atomic E-state index is 10.2. The first kappa shape index (κ1) is 9.13. The molecule has 1 aromatic carbocycles. The van der Waals surface area contributed by atoms with E-state index in [4.69, 9.17) is 0 Å². The lowest BCUT2D eigenvalue weighted by molar-refractivity contribution is -0.105. The zero-order chi connectivity index (χ0) is 8.97. The van der Waals surface area contributed by atoms with Crippen molar-refractivity contribution in [2.24, 2.45) is 0 Å². The summed E-state index contributed by atoms with van der Waals surface area (Å²) in [4.78, 5) is 11.4. The second kappa shape index (κ2) is 4.16. The third-order valence-corrected chi connectivity index (χ3v) is 2.58. The number of amides is 1. The highest BCUT2D eigenvalue weighted by molar-refractivity contribution is 7.98. The molecule has 1 amide bonds. The Labute approximate surface area is 76.4 Å². The predicted octanol–water partition coefficient (Wildman–Crippen LogP) is 2.29. The van der Waals surface area contributed by atoms with Gasteiger partial charge in [-0.2, -0.15) is 0 Å². The largest absolute Gasteiger partial charge is 0.328 e. The molecule has 1 aromatic rings. The number of hydrogen-bond donors (Lipinski definition) is 1. The van der Waals surface area contributed by atoms with Crippen LogP contribution < -0.4 is 5.32 Å². The van der Waals surface area contributed by atoms with Gasteiger partial charge in [0, 0.05) is 4.90 Å². The van der Waals surface area contributed by atoms with E-state index in [0.717, 1.165) is 10.6 Å². The summed E-state index contributed by atoms with van der Waals surface area (Å²) in [5, 5.41) is 2.67. The normalized spacial score (nSPS) is 9.50. The number of carbonyl (C=O) groups is 1. The molecule has 0 aromatic heterocycles. The van der Waals surface area contributed by atoms with E-state index < -0.39 is 0 Å². The van der Waals surface area contributed by atoms with Gasteiger partial charge in [-0.1, -0.05) is 12.1 Å². The van der Waals surface area contributed by atoms with Crippen LogP contribution in [0.3, 0.4) is 0 Å². The van der Waals surface area contributed by atoms with Crippen LogP contribution in [0.25, 0.3) is 0 Å². The van der Waals surface area contributed by atoms with Gasteiger partial charge < -0.3 is 5.32 Å². The Hall–Kier alpha value is -0.960. The molecule has 0 aliphatic rings. The number of benzene rings is 1. The number of thioether (sulfide) groups is 1. The Bertz CT molecular complexity index is 286. The second-order valence-corrected chi connectivity index (χ2v) is 3.23. The number of aryl methyl sites for hydroxylation is 1. The smallest absolute Gasteiger partial charge is 0.211 e. The summed E-state index contributed by atoms with van der Waals surface area (Å²) in [6.45, 7) is 2.03. The van der Waals surface area contributed by atoms with Crippen LogP contribution in [0.2, 0.25) is 0 Å². The first-order chi connectivity index (χ1) is 5.79. The molecule has 0 atom stereocenters. The Morgan fingerprint density at radius 1 is 1.50 bits per heavy atom. The van der Waals surface area contributed by atoms with Gasteiger partial charge in [-0.3, -0.25) is 4.79 Å².